The van der Waals surface area contributed by atoms with Crippen molar-refractivity contribution in [3.63, 3.8) is 0 Å². The van der Waals surface area contributed by atoms with Gasteiger partial charge in [-0.05, 0) is 32.1 Å². The van der Waals surface area contributed by atoms with Crippen LogP contribution < -0.4 is 0 Å². The van der Waals surface area contributed by atoms with Crippen molar-refractivity contribution in [3.8, 4) is 11.5 Å². The standard InChI is InChI=1S/C13H19N5/c1-2-3-8-18-13(14-9-15-18)12-10-6-4-5-7-11(10)16-17-12/h9H,2-8H2,1H3,(H,16,17). The lowest BCUT2D eigenvalue weighted by atomic mass is 9.96. The summed E-state index contributed by atoms with van der Waals surface area (Å²) in [6.07, 6.45) is 8.67. The minimum absolute atomic E-state index is 0.919. The summed E-state index contributed by atoms with van der Waals surface area (Å²) in [7, 11) is 0. The van der Waals surface area contributed by atoms with Gasteiger partial charge in [0, 0.05) is 17.8 Å². The van der Waals surface area contributed by atoms with Gasteiger partial charge in [0.1, 0.15) is 12.0 Å². The largest absolute Gasteiger partial charge is 0.282 e. The van der Waals surface area contributed by atoms with Crippen LogP contribution >= 0.6 is 0 Å². The molecular weight excluding hydrogens is 226 g/mol. The lowest BCUT2D eigenvalue weighted by Gasteiger charge is -2.11. The molecule has 2 heterocycles. The van der Waals surface area contributed by atoms with Crippen molar-refractivity contribution in [2.24, 2.45) is 0 Å². The van der Waals surface area contributed by atoms with E-state index in [0.29, 0.717) is 0 Å². The van der Waals surface area contributed by atoms with Crippen molar-refractivity contribution in [3.05, 3.63) is 17.6 Å². The van der Waals surface area contributed by atoms with Crippen molar-refractivity contribution in [1.29, 1.82) is 0 Å². The normalized spacial score (nSPS) is 14.7. The highest BCUT2D eigenvalue weighted by atomic mass is 15.3. The topological polar surface area (TPSA) is 59.4 Å². The molecule has 18 heavy (non-hydrogen) atoms. The highest BCUT2D eigenvalue weighted by Gasteiger charge is 2.21. The molecule has 0 spiro atoms. The SMILES string of the molecule is CCCCn1ncnc1-c1n[nH]c2c1CCCC2. The van der Waals surface area contributed by atoms with Crippen LogP contribution in [0.2, 0.25) is 0 Å². The summed E-state index contributed by atoms with van der Waals surface area (Å²) in [6.45, 7) is 3.11. The van der Waals surface area contributed by atoms with Gasteiger partial charge in [0.15, 0.2) is 5.82 Å². The van der Waals surface area contributed by atoms with Crippen LogP contribution in [-0.2, 0) is 19.4 Å². The number of hydrogen-bond acceptors (Lipinski definition) is 3. The highest BCUT2D eigenvalue weighted by molar-refractivity contribution is 5.56. The summed E-state index contributed by atoms with van der Waals surface area (Å²) in [5.74, 6) is 0.919. The van der Waals surface area contributed by atoms with Gasteiger partial charge >= 0.3 is 0 Å². The first-order valence-corrected chi connectivity index (χ1v) is 6.84. The predicted octanol–water partition coefficient (Wildman–Crippen LogP) is 2.35. The second kappa shape index (κ2) is 4.92. The molecule has 0 atom stereocenters. The molecule has 5 nitrogen and oxygen atoms in total. The molecule has 2 aromatic heterocycles. The fourth-order valence-electron chi connectivity index (χ4n) is 2.58. The predicted molar refractivity (Wildman–Crippen MR) is 69.2 cm³/mol. The molecule has 96 valence electrons. The first kappa shape index (κ1) is 11.4. The number of aromatic nitrogens is 5. The zero-order valence-corrected chi connectivity index (χ0v) is 10.8. The molecule has 0 bridgehead atoms. The molecule has 1 aliphatic rings. The number of H-pyrrole nitrogens is 1. The Morgan fingerprint density at radius 1 is 1.33 bits per heavy atom. The Bertz CT molecular complexity index is 525. The van der Waals surface area contributed by atoms with Crippen LogP contribution in [0.3, 0.4) is 0 Å². The van der Waals surface area contributed by atoms with Crippen molar-refractivity contribution in [1.82, 2.24) is 25.0 Å². The van der Waals surface area contributed by atoms with Crippen LogP contribution in [-0.4, -0.2) is 25.0 Å². The Morgan fingerprint density at radius 2 is 2.22 bits per heavy atom. The summed E-state index contributed by atoms with van der Waals surface area (Å²) in [5, 5.41) is 11.9. The van der Waals surface area contributed by atoms with E-state index in [-0.39, 0.29) is 0 Å². The van der Waals surface area contributed by atoms with Gasteiger partial charge < -0.3 is 0 Å². The first-order valence-electron chi connectivity index (χ1n) is 6.84. The molecular formula is C13H19N5. The van der Waals surface area contributed by atoms with E-state index in [1.54, 1.807) is 6.33 Å². The zero-order chi connectivity index (χ0) is 12.4. The number of aryl methyl sites for hydroxylation is 2. The van der Waals surface area contributed by atoms with Crippen molar-refractivity contribution >= 4 is 0 Å². The minimum atomic E-state index is 0.919. The maximum atomic E-state index is 4.46. The van der Waals surface area contributed by atoms with Crippen molar-refractivity contribution in [2.75, 3.05) is 0 Å². The number of unbranched alkanes of at least 4 members (excludes halogenated alkanes) is 1. The molecule has 0 amide bonds. The first-order chi connectivity index (χ1) is 8.90. The Labute approximate surface area is 107 Å². The highest BCUT2D eigenvalue weighted by Crippen LogP contribution is 2.28. The third-order valence-corrected chi connectivity index (χ3v) is 3.61. The molecule has 0 aliphatic heterocycles. The molecule has 0 unspecified atom stereocenters. The Morgan fingerprint density at radius 3 is 3.11 bits per heavy atom. The minimum Gasteiger partial charge on any atom is -0.282 e. The quantitative estimate of drug-likeness (QED) is 0.899. The molecule has 3 rings (SSSR count). The van der Waals surface area contributed by atoms with E-state index in [1.165, 1.54) is 24.1 Å². The molecule has 1 N–H and O–H groups in total. The average molecular weight is 245 g/mol. The van der Waals surface area contributed by atoms with Gasteiger partial charge in [0.2, 0.25) is 0 Å². The number of fused-ring (bicyclic) bond motifs is 1. The van der Waals surface area contributed by atoms with Gasteiger partial charge in [-0.3, -0.25) is 5.10 Å². The number of aromatic amines is 1. The maximum absolute atomic E-state index is 4.46. The van der Waals surface area contributed by atoms with Crippen LogP contribution in [0.4, 0.5) is 0 Å². The van der Waals surface area contributed by atoms with E-state index in [1.807, 2.05) is 4.68 Å². The second-order valence-corrected chi connectivity index (χ2v) is 4.90. The summed E-state index contributed by atoms with van der Waals surface area (Å²) in [6, 6.07) is 0. The van der Waals surface area contributed by atoms with Gasteiger partial charge in [-0.25, -0.2) is 9.67 Å². The van der Waals surface area contributed by atoms with Crippen LogP contribution in [0.15, 0.2) is 6.33 Å². The van der Waals surface area contributed by atoms with Crippen LogP contribution in [0, 0.1) is 0 Å². The van der Waals surface area contributed by atoms with E-state index in [0.717, 1.165) is 43.7 Å². The van der Waals surface area contributed by atoms with Gasteiger partial charge in [0.05, 0.1) is 0 Å². The summed E-state index contributed by atoms with van der Waals surface area (Å²) in [5.41, 5.74) is 3.66. The third-order valence-electron chi connectivity index (χ3n) is 3.61. The van der Waals surface area contributed by atoms with E-state index >= 15 is 0 Å². The van der Waals surface area contributed by atoms with Crippen molar-refractivity contribution in [2.45, 2.75) is 52.0 Å². The molecule has 2 aromatic rings. The van der Waals surface area contributed by atoms with Crippen molar-refractivity contribution < 1.29 is 0 Å². The second-order valence-electron chi connectivity index (χ2n) is 4.90. The van der Waals surface area contributed by atoms with Gasteiger partial charge in [0.25, 0.3) is 0 Å². The van der Waals surface area contributed by atoms with Crippen LogP contribution in [0.25, 0.3) is 11.5 Å². The molecule has 0 saturated carbocycles. The number of nitrogens with zero attached hydrogens (tertiary/aromatic N) is 4. The molecule has 1 aliphatic carbocycles. The summed E-state index contributed by atoms with van der Waals surface area (Å²) >= 11 is 0. The maximum Gasteiger partial charge on any atom is 0.178 e. The van der Waals surface area contributed by atoms with E-state index in [4.69, 9.17) is 0 Å². The molecule has 0 fully saturated rings. The Hall–Kier alpha value is -1.65. The zero-order valence-electron chi connectivity index (χ0n) is 10.8. The smallest absolute Gasteiger partial charge is 0.178 e. The Balaban J connectivity index is 1.94. The average Bonchev–Trinajstić information content (AvgIpc) is 3.02. The summed E-state index contributed by atoms with van der Waals surface area (Å²) < 4.78 is 1.98. The van der Waals surface area contributed by atoms with E-state index in [2.05, 4.69) is 27.2 Å². The lowest BCUT2D eigenvalue weighted by molar-refractivity contribution is 0.575. The summed E-state index contributed by atoms with van der Waals surface area (Å²) in [4.78, 5) is 4.39. The molecule has 0 radical (unpaired) electrons. The van der Waals surface area contributed by atoms with Crippen LogP contribution in [0.5, 0.6) is 0 Å². The molecule has 0 aromatic carbocycles. The number of hydrogen-bond donors (Lipinski definition) is 1. The van der Waals surface area contributed by atoms with E-state index < -0.39 is 0 Å². The van der Waals surface area contributed by atoms with E-state index in [9.17, 15) is 0 Å². The molecule has 5 heteroatoms. The van der Waals surface area contributed by atoms with Gasteiger partial charge in [-0.2, -0.15) is 10.2 Å². The lowest BCUT2D eigenvalue weighted by Crippen LogP contribution is -2.06. The number of rotatable bonds is 4. The third kappa shape index (κ3) is 1.94. The molecule has 0 saturated heterocycles. The Kier molecular flexibility index (Phi) is 3.13. The fourth-order valence-corrected chi connectivity index (χ4v) is 2.58. The monoisotopic (exact) mass is 245 g/mol. The van der Waals surface area contributed by atoms with Crippen LogP contribution in [0.1, 0.15) is 43.9 Å². The number of nitrogens with one attached hydrogen (secondary N) is 1. The van der Waals surface area contributed by atoms with Gasteiger partial charge in [-0.15, -0.1) is 0 Å². The fraction of sp³-hybridized carbons (Fsp3) is 0.615. The van der Waals surface area contributed by atoms with Gasteiger partial charge in [-0.1, -0.05) is 13.3 Å².